The minimum Gasteiger partial charge on any atom is -0.391 e. The normalized spacial score (nSPS) is 17.1. The number of nitrogens with zero attached hydrogens (tertiary/aromatic N) is 5. The van der Waals surface area contributed by atoms with Crippen LogP contribution in [0.4, 0.5) is 5.69 Å². The molecule has 0 saturated heterocycles. The molecule has 1 aliphatic rings. The maximum atomic E-state index is 13.0. The summed E-state index contributed by atoms with van der Waals surface area (Å²) >= 11 is 0. The second-order valence-corrected chi connectivity index (χ2v) is 8.28. The molecule has 0 spiro atoms. The Labute approximate surface area is 196 Å². The second-order valence-electron chi connectivity index (χ2n) is 8.28. The Hall–Kier alpha value is -4.11. The molecule has 5 rings (SSSR count). The van der Waals surface area contributed by atoms with Gasteiger partial charge in [0.2, 0.25) is 0 Å². The number of aliphatic hydroxyl groups excluding tert-OH is 1. The molecule has 172 valence electrons. The van der Waals surface area contributed by atoms with E-state index in [9.17, 15) is 9.90 Å². The van der Waals surface area contributed by atoms with E-state index < -0.39 is 12.1 Å². The molecular weight excluding hydrogens is 430 g/mol. The largest absolute Gasteiger partial charge is 0.391 e. The molecule has 0 fully saturated rings. The van der Waals surface area contributed by atoms with Gasteiger partial charge in [0.25, 0.3) is 5.91 Å². The van der Waals surface area contributed by atoms with E-state index in [0.29, 0.717) is 30.0 Å². The topological polar surface area (TPSA) is 118 Å². The fraction of sp³-hybridized carbons (Fsp3) is 0.240. The van der Waals surface area contributed by atoms with Gasteiger partial charge >= 0.3 is 0 Å². The van der Waals surface area contributed by atoms with Crippen molar-refractivity contribution in [2.24, 2.45) is 7.05 Å². The summed E-state index contributed by atoms with van der Waals surface area (Å²) in [5.41, 5.74) is 4.13. The molecule has 0 unspecified atom stereocenters. The summed E-state index contributed by atoms with van der Waals surface area (Å²) in [5, 5.41) is 25.3. The monoisotopic (exact) mass is 455 g/mol. The van der Waals surface area contributed by atoms with Gasteiger partial charge in [0, 0.05) is 24.5 Å². The van der Waals surface area contributed by atoms with Crippen LogP contribution in [-0.2, 0) is 20.0 Å². The van der Waals surface area contributed by atoms with Gasteiger partial charge < -0.3 is 20.3 Å². The van der Waals surface area contributed by atoms with Gasteiger partial charge in [0.15, 0.2) is 11.6 Å². The zero-order chi connectivity index (χ0) is 23.5. The number of amides is 1. The van der Waals surface area contributed by atoms with Crippen LogP contribution in [0.3, 0.4) is 0 Å². The molecule has 1 aliphatic carbocycles. The van der Waals surface area contributed by atoms with Crippen molar-refractivity contribution in [2.45, 2.75) is 31.5 Å². The highest BCUT2D eigenvalue weighted by Gasteiger charge is 2.29. The van der Waals surface area contributed by atoms with Gasteiger partial charge in [0.1, 0.15) is 12.0 Å². The molecule has 9 heteroatoms. The van der Waals surface area contributed by atoms with Gasteiger partial charge in [0.05, 0.1) is 18.7 Å². The number of fused-ring (bicyclic) bond motifs is 1. The number of anilines is 1. The van der Waals surface area contributed by atoms with E-state index in [0.717, 1.165) is 23.5 Å². The quantitative estimate of drug-likeness (QED) is 0.409. The molecule has 0 radical (unpaired) electrons. The Balaban J connectivity index is 1.27. The third kappa shape index (κ3) is 4.38. The number of benzene rings is 2. The molecule has 2 aromatic carbocycles. The number of nitrogens with one attached hydrogen (secondary N) is 2. The van der Waals surface area contributed by atoms with Crippen LogP contribution >= 0.6 is 0 Å². The summed E-state index contributed by atoms with van der Waals surface area (Å²) in [7, 11) is 1.88. The van der Waals surface area contributed by atoms with Crippen LogP contribution in [0.5, 0.6) is 0 Å². The van der Waals surface area contributed by atoms with Crippen molar-refractivity contribution in [1.29, 1.82) is 0 Å². The Kier molecular flexibility index (Phi) is 6.01. The number of aromatic nitrogens is 5. The van der Waals surface area contributed by atoms with Crippen LogP contribution in [0, 0.1) is 0 Å². The first-order chi connectivity index (χ1) is 16.6. The van der Waals surface area contributed by atoms with Crippen molar-refractivity contribution in [3.63, 3.8) is 0 Å². The van der Waals surface area contributed by atoms with Crippen LogP contribution in [0.25, 0.3) is 11.5 Å². The maximum Gasteiger partial charge on any atom is 0.251 e. The van der Waals surface area contributed by atoms with Gasteiger partial charge in [-0.2, -0.15) is 0 Å². The number of rotatable bonds is 6. The number of carbonyl (C=O) groups excluding carboxylic acids is 1. The SMILES string of the molecule is Cn1c(CNc2cccc(C(=O)N[C@H]3c4ccccc4CC[C@H]3O)c2)nnc1-c1ccncn1. The van der Waals surface area contributed by atoms with Crippen LogP contribution in [-0.4, -0.2) is 41.9 Å². The predicted octanol–water partition coefficient (Wildman–Crippen LogP) is 2.66. The molecule has 0 aliphatic heterocycles. The van der Waals surface area contributed by atoms with E-state index in [-0.39, 0.29) is 5.91 Å². The Bertz CT molecular complexity index is 1310. The first-order valence-electron chi connectivity index (χ1n) is 11.2. The number of hydrogen-bond donors (Lipinski definition) is 3. The molecule has 1 amide bonds. The molecule has 0 saturated carbocycles. The predicted molar refractivity (Wildman–Crippen MR) is 127 cm³/mol. The molecule has 3 N–H and O–H groups in total. The van der Waals surface area contributed by atoms with Crippen LogP contribution in [0.15, 0.2) is 67.1 Å². The van der Waals surface area contributed by atoms with Crippen molar-refractivity contribution in [3.8, 4) is 11.5 Å². The molecule has 4 aromatic rings. The van der Waals surface area contributed by atoms with Crippen LogP contribution in [0.1, 0.15) is 39.8 Å². The van der Waals surface area contributed by atoms with Crippen molar-refractivity contribution < 1.29 is 9.90 Å². The molecular formula is C25H25N7O2. The highest BCUT2D eigenvalue weighted by atomic mass is 16.3. The average molecular weight is 456 g/mol. The molecule has 2 aromatic heterocycles. The van der Waals surface area contributed by atoms with Crippen LogP contribution in [0.2, 0.25) is 0 Å². The van der Waals surface area contributed by atoms with Crippen molar-refractivity contribution >= 4 is 11.6 Å². The minimum atomic E-state index is -0.611. The van der Waals surface area contributed by atoms with Gasteiger partial charge in [-0.15, -0.1) is 10.2 Å². The first kappa shape index (κ1) is 21.7. The lowest BCUT2D eigenvalue weighted by atomic mass is 9.85. The molecule has 9 nitrogen and oxygen atoms in total. The van der Waals surface area contributed by atoms with E-state index >= 15 is 0 Å². The highest BCUT2D eigenvalue weighted by molar-refractivity contribution is 5.95. The minimum absolute atomic E-state index is 0.228. The highest BCUT2D eigenvalue weighted by Crippen LogP contribution is 2.30. The smallest absolute Gasteiger partial charge is 0.251 e. The van der Waals surface area contributed by atoms with Crippen molar-refractivity contribution in [3.05, 3.63) is 89.6 Å². The van der Waals surface area contributed by atoms with E-state index in [1.54, 1.807) is 24.4 Å². The summed E-state index contributed by atoms with van der Waals surface area (Å²) < 4.78 is 1.87. The van der Waals surface area contributed by atoms with Gasteiger partial charge in [-0.05, 0) is 48.2 Å². The number of carbonyl (C=O) groups is 1. The third-order valence-corrected chi connectivity index (χ3v) is 6.12. The lowest BCUT2D eigenvalue weighted by Gasteiger charge is -2.31. The molecule has 0 bridgehead atoms. The lowest BCUT2D eigenvalue weighted by molar-refractivity contribution is 0.0791. The third-order valence-electron chi connectivity index (χ3n) is 6.12. The summed E-state index contributed by atoms with van der Waals surface area (Å²) in [4.78, 5) is 21.2. The summed E-state index contributed by atoms with van der Waals surface area (Å²) in [6.07, 6.45) is 3.96. The zero-order valence-electron chi connectivity index (χ0n) is 18.7. The molecule has 2 atom stereocenters. The van der Waals surface area contributed by atoms with E-state index in [4.69, 9.17) is 0 Å². The van der Waals surface area contributed by atoms with E-state index in [1.165, 1.54) is 11.9 Å². The maximum absolute atomic E-state index is 13.0. The fourth-order valence-corrected chi connectivity index (χ4v) is 4.25. The lowest BCUT2D eigenvalue weighted by Crippen LogP contribution is -2.39. The zero-order valence-corrected chi connectivity index (χ0v) is 18.7. The van der Waals surface area contributed by atoms with Crippen molar-refractivity contribution in [2.75, 3.05) is 5.32 Å². The van der Waals surface area contributed by atoms with Crippen LogP contribution < -0.4 is 10.6 Å². The van der Waals surface area contributed by atoms with Gasteiger partial charge in [-0.25, -0.2) is 9.97 Å². The standard InChI is InChI=1S/C25H25N7O2/c1-32-22(30-31-24(32)20-11-12-26-15-28-20)14-27-18-7-4-6-17(13-18)25(34)29-23-19-8-3-2-5-16(19)9-10-21(23)33/h2-8,11-13,15,21,23,27,33H,9-10,14H2,1H3,(H,29,34)/t21-,23+/m1/s1. The Morgan fingerprint density at radius 2 is 2.03 bits per heavy atom. The average Bonchev–Trinajstić information content (AvgIpc) is 3.25. The Morgan fingerprint density at radius 1 is 1.15 bits per heavy atom. The van der Waals surface area contributed by atoms with Gasteiger partial charge in [-0.3, -0.25) is 4.79 Å². The van der Waals surface area contributed by atoms with E-state index in [1.807, 2.05) is 48.0 Å². The first-order valence-corrected chi connectivity index (χ1v) is 11.2. The van der Waals surface area contributed by atoms with E-state index in [2.05, 4.69) is 30.8 Å². The summed E-state index contributed by atoms with van der Waals surface area (Å²) in [6.45, 7) is 0.425. The van der Waals surface area contributed by atoms with Gasteiger partial charge in [-0.1, -0.05) is 30.3 Å². The summed E-state index contributed by atoms with van der Waals surface area (Å²) in [5.74, 6) is 1.15. The second kappa shape index (κ2) is 9.40. The number of aliphatic hydroxyl groups is 1. The van der Waals surface area contributed by atoms with Crippen molar-refractivity contribution in [1.82, 2.24) is 30.0 Å². The number of aryl methyl sites for hydroxylation is 1. The Morgan fingerprint density at radius 3 is 2.88 bits per heavy atom. The fourth-order valence-electron chi connectivity index (χ4n) is 4.25. The number of hydrogen-bond acceptors (Lipinski definition) is 7. The molecule has 2 heterocycles. The molecule has 34 heavy (non-hydrogen) atoms. The summed E-state index contributed by atoms with van der Waals surface area (Å²) in [6, 6.07) is 16.6.